The van der Waals surface area contributed by atoms with Crippen molar-refractivity contribution in [1.29, 1.82) is 0 Å². The van der Waals surface area contributed by atoms with Crippen LogP contribution in [-0.2, 0) is 0 Å². The van der Waals surface area contributed by atoms with Crippen molar-refractivity contribution in [2.75, 3.05) is 6.54 Å². The Morgan fingerprint density at radius 3 is 2.26 bits per heavy atom. The van der Waals surface area contributed by atoms with Gasteiger partial charge in [-0.1, -0.05) is 45.0 Å². The Kier molecular flexibility index (Phi) is 4.72. The molecule has 0 aliphatic carbocycles. The summed E-state index contributed by atoms with van der Waals surface area (Å²) in [4.78, 5) is 5.69. The van der Waals surface area contributed by atoms with Crippen molar-refractivity contribution in [3.63, 3.8) is 0 Å². The molecule has 1 atom stereocenters. The van der Waals surface area contributed by atoms with Gasteiger partial charge < -0.3 is 5.32 Å². The molecule has 2 aromatic rings. The van der Waals surface area contributed by atoms with Gasteiger partial charge in [0.05, 0.1) is 17.2 Å². The third-order valence-electron chi connectivity index (χ3n) is 3.39. The standard InChI is InChI=1S/C16H22N2S/c1-5-17-15(16-12(4)18-10-19-16)14-8-6-13(7-9-14)11(2)3/h6-11,15,17H,5H2,1-4H3. The molecule has 0 fully saturated rings. The van der Waals surface area contributed by atoms with Crippen LogP contribution in [0.25, 0.3) is 0 Å². The zero-order valence-corrected chi connectivity index (χ0v) is 12.9. The van der Waals surface area contributed by atoms with Crippen LogP contribution in [0, 0.1) is 6.92 Å². The number of benzene rings is 1. The average Bonchev–Trinajstić information content (AvgIpc) is 2.82. The Labute approximate surface area is 119 Å². The molecular formula is C16H22N2S. The molecule has 1 heterocycles. The molecule has 0 aliphatic heterocycles. The van der Waals surface area contributed by atoms with Crippen molar-refractivity contribution in [2.24, 2.45) is 0 Å². The van der Waals surface area contributed by atoms with Crippen molar-refractivity contribution < 1.29 is 0 Å². The van der Waals surface area contributed by atoms with Crippen LogP contribution >= 0.6 is 11.3 Å². The number of nitrogens with zero attached hydrogens (tertiary/aromatic N) is 1. The van der Waals surface area contributed by atoms with E-state index in [1.54, 1.807) is 11.3 Å². The first-order chi connectivity index (χ1) is 9.13. The predicted octanol–water partition coefficient (Wildman–Crippen LogP) is 4.27. The lowest BCUT2D eigenvalue weighted by Crippen LogP contribution is -2.21. The summed E-state index contributed by atoms with van der Waals surface area (Å²) in [5, 5.41) is 3.56. The van der Waals surface area contributed by atoms with Crippen molar-refractivity contribution >= 4 is 11.3 Å². The van der Waals surface area contributed by atoms with Gasteiger partial charge in [0.2, 0.25) is 0 Å². The van der Waals surface area contributed by atoms with Gasteiger partial charge in [-0.05, 0) is 30.5 Å². The number of aromatic nitrogens is 1. The van der Waals surface area contributed by atoms with E-state index in [2.05, 4.69) is 62.3 Å². The number of aryl methyl sites for hydroxylation is 1. The summed E-state index contributed by atoms with van der Waals surface area (Å²) in [6, 6.07) is 9.21. The molecule has 0 saturated heterocycles. The van der Waals surface area contributed by atoms with E-state index in [1.165, 1.54) is 16.0 Å². The molecule has 0 saturated carbocycles. The highest BCUT2D eigenvalue weighted by atomic mass is 32.1. The van der Waals surface area contributed by atoms with Crippen LogP contribution in [0.5, 0.6) is 0 Å². The Morgan fingerprint density at radius 1 is 1.16 bits per heavy atom. The topological polar surface area (TPSA) is 24.9 Å². The normalized spacial score (nSPS) is 12.9. The zero-order chi connectivity index (χ0) is 13.8. The summed E-state index contributed by atoms with van der Waals surface area (Å²) in [6.45, 7) is 9.63. The lowest BCUT2D eigenvalue weighted by atomic mass is 9.98. The molecule has 102 valence electrons. The molecule has 2 nitrogen and oxygen atoms in total. The molecular weight excluding hydrogens is 252 g/mol. The first-order valence-electron chi connectivity index (χ1n) is 6.86. The minimum absolute atomic E-state index is 0.263. The molecule has 0 bridgehead atoms. The fourth-order valence-electron chi connectivity index (χ4n) is 2.23. The quantitative estimate of drug-likeness (QED) is 0.880. The average molecular weight is 274 g/mol. The van der Waals surface area contributed by atoms with Crippen LogP contribution in [0.4, 0.5) is 0 Å². The molecule has 1 N–H and O–H groups in total. The molecule has 1 aromatic carbocycles. The summed E-state index contributed by atoms with van der Waals surface area (Å²) >= 11 is 1.73. The molecule has 0 radical (unpaired) electrons. The molecule has 1 aromatic heterocycles. The van der Waals surface area contributed by atoms with E-state index in [9.17, 15) is 0 Å². The van der Waals surface area contributed by atoms with E-state index >= 15 is 0 Å². The highest BCUT2D eigenvalue weighted by Crippen LogP contribution is 2.28. The summed E-state index contributed by atoms with van der Waals surface area (Å²) in [5.41, 5.74) is 5.76. The third-order valence-corrected chi connectivity index (χ3v) is 4.39. The highest BCUT2D eigenvalue weighted by molar-refractivity contribution is 7.09. The molecule has 0 spiro atoms. The van der Waals surface area contributed by atoms with E-state index < -0.39 is 0 Å². The van der Waals surface area contributed by atoms with E-state index in [-0.39, 0.29) is 6.04 Å². The summed E-state index contributed by atoms with van der Waals surface area (Å²) < 4.78 is 0. The van der Waals surface area contributed by atoms with Crippen molar-refractivity contribution in [3.8, 4) is 0 Å². The summed E-state index contributed by atoms with van der Waals surface area (Å²) in [7, 11) is 0. The maximum Gasteiger partial charge on any atom is 0.0798 e. The monoisotopic (exact) mass is 274 g/mol. The number of rotatable bonds is 5. The first kappa shape index (κ1) is 14.2. The van der Waals surface area contributed by atoms with Gasteiger partial charge in [0, 0.05) is 4.88 Å². The molecule has 2 rings (SSSR count). The number of nitrogens with one attached hydrogen (secondary N) is 1. The Hall–Kier alpha value is -1.19. The van der Waals surface area contributed by atoms with Gasteiger partial charge in [0.25, 0.3) is 0 Å². The molecule has 1 unspecified atom stereocenters. The maximum absolute atomic E-state index is 4.37. The van der Waals surface area contributed by atoms with E-state index in [1.807, 2.05) is 5.51 Å². The van der Waals surface area contributed by atoms with E-state index in [0.717, 1.165) is 12.2 Å². The van der Waals surface area contributed by atoms with E-state index in [4.69, 9.17) is 0 Å². The van der Waals surface area contributed by atoms with Crippen molar-refractivity contribution in [2.45, 2.75) is 39.7 Å². The van der Waals surface area contributed by atoms with Crippen LogP contribution in [0.2, 0.25) is 0 Å². The Morgan fingerprint density at radius 2 is 1.79 bits per heavy atom. The molecule has 0 amide bonds. The second kappa shape index (κ2) is 6.31. The second-order valence-electron chi connectivity index (χ2n) is 5.11. The van der Waals surface area contributed by atoms with Gasteiger partial charge >= 0.3 is 0 Å². The van der Waals surface area contributed by atoms with Gasteiger partial charge in [-0.15, -0.1) is 11.3 Å². The fraction of sp³-hybridized carbons (Fsp3) is 0.438. The minimum atomic E-state index is 0.263. The lowest BCUT2D eigenvalue weighted by Gasteiger charge is -2.18. The summed E-state index contributed by atoms with van der Waals surface area (Å²) in [5.74, 6) is 0.580. The number of hydrogen-bond acceptors (Lipinski definition) is 3. The fourth-order valence-corrected chi connectivity index (χ4v) is 3.13. The van der Waals surface area contributed by atoms with Crippen LogP contribution in [-0.4, -0.2) is 11.5 Å². The molecule has 3 heteroatoms. The lowest BCUT2D eigenvalue weighted by molar-refractivity contribution is 0.635. The number of hydrogen-bond donors (Lipinski definition) is 1. The zero-order valence-electron chi connectivity index (χ0n) is 12.1. The molecule has 0 aliphatic rings. The Bertz CT molecular complexity index is 514. The number of thiazole rings is 1. The summed E-state index contributed by atoms with van der Waals surface area (Å²) in [6.07, 6.45) is 0. The Balaban J connectivity index is 2.31. The first-order valence-corrected chi connectivity index (χ1v) is 7.74. The SMILES string of the molecule is CCNC(c1ccc(C(C)C)cc1)c1scnc1C. The van der Waals surface area contributed by atoms with Gasteiger partial charge in [-0.25, -0.2) is 4.98 Å². The van der Waals surface area contributed by atoms with Gasteiger partial charge in [-0.2, -0.15) is 0 Å². The maximum atomic E-state index is 4.37. The van der Waals surface area contributed by atoms with Crippen LogP contribution in [0.15, 0.2) is 29.8 Å². The van der Waals surface area contributed by atoms with Gasteiger partial charge in [-0.3, -0.25) is 0 Å². The van der Waals surface area contributed by atoms with Crippen LogP contribution in [0.1, 0.15) is 54.4 Å². The smallest absolute Gasteiger partial charge is 0.0798 e. The van der Waals surface area contributed by atoms with Crippen LogP contribution < -0.4 is 5.32 Å². The second-order valence-corrected chi connectivity index (χ2v) is 6.00. The van der Waals surface area contributed by atoms with Gasteiger partial charge in [0.15, 0.2) is 0 Å². The molecule has 19 heavy (non-hydrogen) atoms. The van der Waals surface area contributed by atoms with Crippen molar-refractivity contribution in [1.82, 2.24) is 10.3 Å². The van der Waals surface area contributed by atoms with E-state index in [0.29, 0.717) is 5.92 Å². The predicted molar refractivity (Wildman–Crippen MR) is 82.9 cm³/mol. The van der Waals surface area contributed by atoms with Gasteiger partial charge in [0.1, 0.15) is 0 Å². The minimum Gasteiger partial charge on any atom is -0.306 e. The third kappa shape index (κ3) is 3.23. The highest BCUT2D eigenvalue weighted by Gasteiger charge is 2.17. The van der Waals surface area contributed by atoms with Crippen molar-refractivity contribution in [3.05, 3.63) is 51.5 Å². The van der Waals surface area contributed by atoms with Crippen LogP contribution in [0.3, 0.4) is 0 Å². The largest absolute Gasteiger partial charge is 0.306 e.